The van der Waals surface area contributed by atoms with Crippen molar-refractivity contribution in [2.45, 2.75) is 19.9 Å². The van der Waals surface area contributed by atoms with Gasteiger partial charge in [-0.05, 0) is 18.6 Å². The standard InChI is InChI=1S/C13H20ClN5O2/c1-2-5-17-13-4-3-9(14)10(18-13)6-19(7-11(15)20)8-12(16)21/h3-4H,2,5-8H2,1H3,(H2,15,20)(H2,16,21)(H,17,18). The van der Waals surface area contributed by atoms with Crippen LogP contribution in [0.2, 0.25) is 5.02 Å². The lowest BCUT2D eigenvalue weighted by Crippen LogP contribution is -2.39. The zero-order valence-electron chi connectivity index (χ0n) is 11.9. The molecule has 0 aliphatic heterocycles. The van der Waals surface area contributed by atoms with Crippen molar-refractivity contribution in [1.29, 1.82) is 0 Å². The van der Waals surface area contributed by atoms with E-state index >= 15 is 0 Å². The van der Waals surface area contributed by atoms with Crippen LogP contribution in [0.5, 0.6) is 0 Å². The Labute approximate surface area is 128 Å². The lowest BCUT2D eigenvalue weighted by molar-refractivity contribution is -0.122. The molecule has 0 atom stereocenters. The molecule has 0 saturated carbocycles. The Balaban J connectivity index is 2.85. The molecular weight excluding hydrogens is 294 g/mol. The molecule has 1 heterocycles. The first-order chi connectivity index (χ1) is 9.92. The summed E-state index contributed by atoms with van der Waals surface area (Å²) in [6.45, 7) is 2.87. The molecule has 5 N–H and O–H groups in total. The number of primary amides is 2. The van der Waals surface area contributed by atoms with Gasteiger partial charge in [-0.3, -0.25) is 14.5 Å². The Morgan fingerprint density at radius 2 is 1.90 bits per heavy atom. The van der Waals surface area contributed by atoms with E-state index in [2.05, 4.69) is 10.3 Å². The Morgan fingerprint density at radius 3 is 2.43 bits per heavy atom. The molecule has 0 spiro atoms. The zero-order chi connectivity index (χ0) is 15.8. The summed E-state index contributed by atoms with van der Waals surface area (Å²) in [5.74, 6) is -0.408. The highest BCUT2D eigenvalue weighted by atomic mass is 35.5. The summed E-state index contributed by atoms with van der Waals surface area (Å²) >= 11 is 6.10. The number of anilines is 1. The van der Waals surface area contributed by atoms with Crippen LogP contribution in [0.1, 0.15) is 19.0 Å². The van der Waals surface area contributed by atoms with Gasteiger partial charge in [-0.25, -0.2) is 4.98 Å². The van der Waals surface area contributed by atoms with Crippen LogP contribution in [0, 0.1) is 0 Å². The summed E-state index contributed by atoms with van der Waals surface area (Å²) in [5.41, 5.74) is 10.9. The highest BCUT2D eigenvalue weighted by Crippen LogP contribution is 2.18. The molecule has 21 heavy (non-hydrogen) atoms. The van der Waals surface area contributed by atoms with Crippen LogP contribution in [0.4, 0.5) is 5.82 Å². The number of halogens is 1. The lowest BCUT2D eigenvalue weighted by atomic mass is 10.3. The molecule has 1 rings (SSSR count). The van der Waals surface area contributed by atoms with Crippen molar-refractivity contribution in [1.82, 2.24) is 9.88 Å². The fourth-order valence-electron chi connectivity index (χ4n) is 1.77. The first-order valence-corrected chi connectivity index (χ1v) is 6.98. The number of carbonyl (C=O) groups is 2. The van der Waals surface area contributed by atoms with Crippen molar-refractivity contribution < 1.29 is 9.59 Å². The lowest BCUT2D eigenvalue weighted by Gasteiger charge is -2.19. The predicted molar refractivity (Wildman–Crippen MR) is 81.7 cm³/mol. The molecule has 1 aromatic rings. The summed E-state index contributed by atoms with van der Waals surface area (Å²) in [7, 11) is 0. The van der Waals surface area contributed by atoms with Gasteiger partial charge in [-0.1, -0.05) is 18.5 Å². The molecule has 0 aliphatic carbocycles. The van der Waals surface area contributed by atoms with Crippen molar-refractivity contribution in [3.8, 4) is 0 Å². The second kappa shape index (κ2) is 8.43. The number of carbonyl (C=O) groups excluding carboxylic acids is 2. The smallest absolute Gasteiger partial charge is 0.231 e. The van der Waals surface area contributed by atoms with Gasteiger partial charge in [-0.15, -0.1) is 0 Å². The van der Waals surface area contributed by atoms with E-state index in [1.165, 1.54) is 4.90 Å². The van der Waals surface area contributed by atoms with Crippen LogP contribution in [0.25, 0.3) is 0 Å². The summed E-state index contributed by atoms with van der Waals surface area (Å²) in [5, 5.41) is 3.60. The number of hydrogen-bond acceptors (Lipinski definition) is 5. The third-order valence-electron chi connectivity index (χ3n) is 2.61. The highest BCUT2D eigenvalue weighted by Gasteiger charge is 2.15. The van der Waals surface area contributed by atoms with Crippen molar-refractivity contribution in [2.75, 3.05) is 25.0 Å². The van der Waals surface area contributed by atoms with Gasteiger partial charge in [0.15, 0.2) is 0 Å². The van der Waals surface area contributed by atoms with E-state index < -0.39 is 11.8 Å². The molecule has 0 aliphatic rings. The molecule has 0 fully saturated rings. The first-order valence-electron chi connectivity index (χ1n) is 6.60. The number of rotatable bonds is 9. The quantitative estimate of drug-likeness (QED) is 0.608. The maximum absolute atomic E-state index is 11.0. The summed E-state index contributed by atoms with van der Waals surface area (Å²) in [4.78, 5) is 28.0. The number of pyridine rings is 1. The van der Waals surface area contributed by atoms with E-state index in [0.29, 0.717) is 16.5 Å². The average molecular weight is 314 g/mol. The van der Waals surface area contributed by atoms with Crippen LogP contribution >= 0.6 is 11.6 Å². The summed E-state index contributed by atoms with van der Waals surface area (Å²) in [6.07, 6.45) is 0.967. The van der Waals surface area contributed by atoms with Gasteiger partial charge in [0.1, 0.15) is 5.82 Å². The number of hydrogen-bond donors (Lipinski definition) is 3. The van der Waals surface area contributed by atoms with E-state index in [1.54, 1.807) is 12.1 Å². The Kier molecular flexibility index (Phi) is 6.90. The van der Waals surface area contributed by atoms with E-state index in [0.717, 1.165) is 13.0 Å². The molecule has 0 radical (unpaired) electrons. The van der Waals surface area contributed by atoms with E-state index in [4.69, 9.17) is 23.1 Å². The Hall–Kier alpha value is -1.86. The van der Waals surface area contributed by atoms with Crippen LogP contribution in [-0.2, 0) is 16.1 Å². The van der Waals surface area contributed by atoms with Crippen LogP contribution in [0.15, 0.2) is 12.1 Å². The predicted octanol–water partition coefficient (Wildman–Crippen LogP) is 0.329. The largest absolute Gasteiger partial charge is 0.370 e. The minimum absolute atomic E-state index is 0.0897. The molecule has 0 saturated heterocycles. The monoisotopic (exact) mass is 313 g/mol. The van der Waals surface area contributed by atoms with Crippen LogP contribution in [-0.4, -0.2) is 41.3 Å². The fourth-order valence-corrected chi connectivity index (χ4v) is 1.93. The Bertz CT molecular complexity index is 493. The van der Waals surface area contributed by atoms with E-state index in [1.807, 2.05) is 6.92 Å². The molecule has 1 aromatic heterocycles. The van der Waals surface area contributed by atoms with Gasteiger partial charge >= 0.3 is 0 Å². The molecule has 2 amide bonds. The number of amides is 2. The zero-order valence-corrected chi connectivity index (χ0v) is 12.7. The third kappa shape index (κ3) is 6.42. The van der Waals surface area contributed by atoms with Crippen LogP contribution < -0.4 is 16.8 Å². The third-order valence-corrected chi connectivity index (χ3v) is 2.95. The SMILES string of the molecule is CCCNc1ccc(Cl)c(CN(CC(N)=O)CC(N)=O)n1. The first kappa shape index (κ1) is 17.2. The molecule has 0 unspecified atom stereocenters. The topological polar surface area (TPSA) is 114 Å². The van der Waals surface area contributed by atoms with Crippen molar-refractivity contribution in [3.63, 3.8) is 0 Å². The van der Waals surface area contributed by atoms with Gasteiger partial charge in [0.2, 0.25) is 11.8 Å². The second-order valence-corrected chi connectivity index (χ2v) is 5.04. The number of nitrogens with one attached hydrogen (secondary N) is 1. The van der Waals surface area contributed by atoms with Gasteiger partial charge < -0.3 is 16.8 Å². The second-order valence-electron chi connectivity index (χ2n) is 4.63. The minimum Gasteiger partial charge on any atom is -0.370 e. The van der Waals surface area contributed by atoms with Gasteiger partial charge in [0, 0.05) is 13.1 Å². The molecule has 116 valence electrons. The molecule has 8 heteroatoms. The molecular formula is C13H20ClN5O2. The normalized spacial score (nSPS) is 10.6. The molecule has 0 bridgehead atoms. The maximum atomic E-state index is 11.0. The number of nitrogens with zero attached hydrogens (tertiary/aromatic N) is 2. The van der Waals surface area contributed by atoms with Gasteiger partial charge in [-0.2, -0.15) is 0 Å². The summed E-state index contributed by atoms with van der Waals surface area (Å²) in [6, 6.07) is 3.49. The Morgan fingerprint density at radius 1 is 1.29 bits per heavy atom. The highest BCUT2D eigenvalue weighted by molar-refractivity contribution is 6.31. The van der Waals surface area contributed by atoms with Crippen molar-refractivity contribution in [3.05, 3.63) is 22.8 Å². The van der Waals surface area contributed by atoms with E-state index in [-0.39, 0.29) is 19.6 Å². The molecule has 7 nitrogen and oxygen atoms in total. The van der Waals surface area contributed by atoms with Gasteiger partial charge in [0.05, 0.1) is 23.8 Å². The van der Waals surface area contributed by atoms with Crippen molar-refractivity contribution >= 4 is 29.2 Å². The van der Waals surface area contributed by atoms with Gasteiger partial charge in [0.25, 0.3) is 0 Å². The van der Waals surface area contributed by atoms with Crippen LogP contribution in [0.3, 0.4) is 0 Å². The molecule has 0 aromatic carbocycles. The van der Waals surface area contributed by atoms with E-state index in [9.17, 15) is 9.59 Å². The fraction of sp³-hybridized carbons (Fsp3) is 0.462. The number of aromatic nitrogens is 1. The average Bonchev–Trinajstić information content (AvgIpc) is 2.38. The minimum atomic E-state index is -0.548. The van der Waals surface area contributed by atoms with Crippen molar-refractivity contribution in [2.24, 2.45) is 11.5 Å². The summed E-state index contributed by atoms with van der Waals surface area (Å²) < 4.78 is 0. The number of nitrogens with two attached hydrogens (primary N) is 2. The maximum Gasteiger partial charge on any atom is 0.231 e.